The van der Waals surface area contributed by atoms with E-state index in [0.717, 1.165) is 29.6 Å². The second kappa shape index (κ2) is 7.62. The van der Waals surface area contributed by atoms with Crippen LogP contribution in [0.2, 0.25) is 0 Å². The average molecular weight is 630 g/mol. The second-order valence-electron chi connectivity index (χ2n) is 7.64. The molecule has 1 fully saturated rings. The molecule has 3 heterocycles. The van der Waals surface area contributed by atoms with E-state index in [1.165, 1.54) is 13.3 Å². The molecule has 0 atom stereocenters. The van der Waals surface area contributed by atoms with Crippen LogP contribution in [0.5, 0.6) is 0 Å². The van der Waals surface area contributed by atoms with Crippen LogP contribution >= 0.6 is 45.2 Å². The number of fused-ring (bicyclic) bond motifs is 1. The Morgan fingerprint density at radius 3 is 2.60 bits per heavy atom. The summed E-state index contributed by atoms with van der Waals surface area (Å²) in [6.45, 7) is 6.03. The van der Waals surface area contributed by atoms with Gasteiger partial charge in [0.2, 0.25) is 5.91 Å². The zero-order valence-electron chi connectivity index (χ0n) is 16.7. The van der Waals surface area contributed by atoms with E-state index in [2.05, 4.69) is 55.3 Å². The molecule has 2 aromatic heterocycles. The summed E-state index contributed by atoms with van der Waals surface area (Å²) in [7, 11) is 0. The number of anilines is 2. The fourth-order valence-electron chi connectivity index (χ4n) is 3.91. The Morgan fingerprint density at radius 1 is 1.17 bits per heavy atom. The number of piperazine rings is 1. The van der Waals surface area contributed by atoms with Crippen LogP contribution in [0.15, 0.2) is 30.6 Å². The topological polar surface area (TPSA) is 96.8 Å². The third-order valence-electron chi connectivity index (χ3n) is 5.44. The number of carbonyl (C=O) groups excluding carboxylic acids is 2. The Hall–Kier alpha value is -1.96. The zero-order chi connectivity index (χ0) is 21.8. The van der Waals surface area contributed by atoms with Crippen molar-refractivity contribution in [3.8, 4) is 11.3 Å². The molecule has 0 saturated carbocycles. The molecule has 0 spiro atoms. The summed E-state index contributed by atoms with van der Waals surface area (Å²) in [6.07, 6.45) is 1.43. The first-order valence-corrected chi connectivity index (χ1v) is 11.5. The zero-order valence-corrected chi connectivity index (χ0v) is 21.0. The lowest BCUT2D eigenvalue weighted by Crippen LogP contribution is -2.64. The van der Waals surface area contributed by atoms with Crippen molar-refractivity contribution in [2.75, 3.05) is 23.7 Å². The first-order chi connectivity index (χ1) is 14.1. The predicted molar refractivity (Wildman–Crippen MR) is 132 cm³/mol. The van der Waals surface area contributed by atoms with Crippen molar-refractivity contribution in [1.29, 1.82) is 0 Å². The largest absolute Gasteiger partial charge is 0.382 e. The third-order valence-corrected chi connectivity index (χ3v) is 7.17. The summed E-state index contributed by atoms with van der Waals surface area (Å²) in [4.78, 5) is 32.8. The van der Waals surface area contributed by atoms with Crippen LogP contribution in [0.3, 0.4) is 0 Å². The van der Waals surface area contributed by atoms with Crippen LogP contribution in [0.4, 0.5) is 11.5 Å². The van der Waals surface area contributed by atoms with Gasteiger partial charge in [-0.3, -0.25) is 9.59 Å². The highest BCUT2D eigenvalue weighted by atomic mass is 127. The lowest BCUT2D eigenvalue weighted by atomic mass is 9.96. The van der Waals surface area contributed by atoms with E-state index in [1.807, 2.05) is 24.3 Å². The van der Waals surface area contributed by atoms with Gasteiger partial charge in [0.05, 0.1) is 11.4 Å². The van der Waals surface area contributed by atoms with Crippen molar-refractivity contribution in [3.05, 3.63) is 37.7 Å². The number of halogens is 2. The van der Waals surface area contributed by atoms with Gasteiger partial charge in [0.25, 0.3) is 5.91 Å². The number of nitrogen functional groups attached to an aromatic ring is 1. The second-order valence-corrected chi connectivity index (χ2v) is 9.96. The van der Waals surface area contributed by atoms with Crippen LogP contribution in [0.25, 0.3) is 16.8 Å². The normalized spacial score (nSPS) is 16.4. The molecule has 2 N–H and O–H groups in total. The lowest BCUT2D eigenvalue weighted by Gasteiger charge is -2.45. The van der Waals surface area contributed by atoms with Gasteiger partial charge >= 0.3 is 0 Å². The molecule has 30 heavy (non-hydrogen) atoms. The van der Waals surface area contributed by atoms with E-state index >= 15 is 0 Å². The monoisotopic (exact) mass is 630 g/mol. The number of carbonyl (C=O) groups is 2. The maximum absolute atomic E-state index is 13.3. The summed E-state index contributed by atoms with van der Waals surface area (Å²) in [5.41, 5.74) is 8.51. The van der Waals surface area contributed by atoms with Crippen molar-refractivity contribution in [2.24, 2.45) is 0 Å². The van der Waals surface area contributed by atoms with Crippen molar-refractivity contribution < 1.29 is 9.59 Å². The van der Waals surface area contributed by atoms with Crippen molar-refractivity contribution in [1.82, 2.24) is 19.5 Å². The van der Waals surface area contributed by atoms with Crippen molar-refractivity contribution >= 4 is 74.0 Å². The van der Waals surface area contributed by atoms with Gasteiger partial charge in [0.1, 0.15) is 17.4 Å². The highest BCUT2D eigenvalue weighted by Gasteiger charge is 2.44. The Labute approximate surface area is 201 Å². The van der Waals surface area contributed by atoms with Crippen LogP contribution in [0.1, 0.15) is 20.8 Å². The molecule has 0 unspecified atom stereocenters. The van der Waals surface area contributed by atoms with Gasteiger partial charge in [-0.2, -0.15) is 5.10 Å². The van der Waals surface area contributed by atoms with Crippen LogP contribution < -0.4 is 10.6 Å². The predicted octanol–water partition coefficient (Wildman–Crippen LogP) is 3.16. The number of hydrogen-bond acceptors (Lipinski definition) is 5. The molecule has 2 amide bonds. The molecule has 0 aliphatic carbocycles. The van der Waals surface area contributed by atoms with Gasteiger partial charge in [0.15, 0.2) is 5.82 Å². The molecule has 156 valence electrons. The van der Waals surface area contributed by atoms with E-state index < -0.39 is 5.54 Å². The molecule has 10 heteroatoms. The Morgan fingerprint density at radius 2 is 1.90 bits per heavy atom. The molecule has 3 aromatic rings. The molecular formula is C20H20I2N6O2. The first-order valence-electron chi connectivity index (χ1n) is 9.30. The van der Waals surface area contributed by atoms with Gasteiger partial charge in [-0.05, 0) is 77.2 Å². The minimum absolute atomic E-state index is 0.0945. The summed E-state index contributed by atoms with van der Waals surface area (Å²) >= 11 is 4.46. The SMILES string of the molecule is CC(=O)N1CCN(c2cc(-c3cc(I)c4c(N)ncnn34)ccc2I)C(=O)C1(C)C. The molecule has 4 rings (SSSR count). The standard InChI is InChI=1S/C20H20I2N6O2/c1-11(29)27-7-6-26(19(30)20(27,2)3)16-8-12(4-5-13(16)21)15-9-14(22)17-18(23)24-10-25-28(15)17/h4-5,8-10H,6-7H2,1-3H3,(H2,23,24,25). The Kier molecular flexibility index (Phi) is 5.41. The van der Waals surface area contributed by atoms with E-state index in [4.69, 9.17) is 5.73 Å². The molecule has 1 aliphatic heterocycles. The van der Waals surface area contributed by atoms with E-state index in [0.29, 0.717) is 18.9 Å². The fourth-order valence-corrected chi connectivity index (χ4v) is 5.34. The minimum atomic E-state index is -0.901. The Balaban J connectivity index is 1.80. The minimum Gasteiger partial charge on any atom is -0.382 e. The smallest absolute Gasteiger partial charge is 0.252 e. The maximum Gasteiger partial charge on any atom is 0.252 e. The van der Waals surface area contributed by atoms with Crippen LogP contribution in [-0.4, -0.2) is 49.9 Å². The molecule has 1 saturated heterocycles. The fraction of sp³-hybridized carbons (Fsp3) is 0.300. The number of hydrogen-bond donors (Lipinski definition) is 1. The Bertz CT molecular complexity index is 1190. The number of aromatic nitrogens is 3. The van der Waals surface area contributed by atoms with Gasteiger partial charge in [0, 0.05) is 32.7 Å². The molecule has 1 aliphatic rings. The van der Waals surface area contributed by atoms with Crippen LogP contribution in [-0.2, 0) is 9.59 Å². The molecule has 8 nitrogen and oxygen atoms in total. The first kappa shape index (κ1) is 21.3. The maximum atomic E-state index is 13.3. The lowest BCUT2D eigenvalue weighted by molar-refractivity contribution is -0.145. The van der Waals surface area contributed by atoms with E-state index in [-0.39, 0.29) is 11.8 Å². The number of rotatable bonds is 2. The van der Waals surface area contributed by atoms with Crippen molar-refractivity contribution in [2.45, 2.75) is 26.3 Å². The summed E-state index contributed by atoms with van der Waals surface area (Å²) in [5, 5.41) is 4.37. The highest BCUT2D eigenvalue weighted by molar-refractivity contribution is 14.1. The number of nitrogens with two attached hydrogens (primary N) is 1. The number of nitrogens with zero attached hydrogens (tertiary/aromatic N) is 5. The molecule has 0 bridgehead atoms. The summed E-state index contributed by atoms with van der Waals surface area (Å²) < 4.78 is 3.68. The molecule has 1 aromatic carbocycles. The van der Waals surface area contributed by atoms with Gasteiger partial charge in [-0.25, -0.2) is 9.50 Å². The van der Waals surface area contributed by atoms with E-state index in [1.54, 1.807) is 28.2 Å². The summed E-state index contributed by atoms with van der Waals surface area (Å²) in [6, 6.07) is 7.99. The number of amides is 2. The van der Waals surface area contributed by atoms with Crippen molar-refractivity contribution in [3.63, 3.8) is 0 Å². The molecular weight excluding hydrogens is 610 g/mol. The highest BCUT2D eigenvalue weighted by Crippen LogP contribution is 2.35. The molecule has 0 radical (unpaired) electrons. The van der Waals surface area contributed by atoms with Crippen LogP contribution in [0, 0.1) is 7.14 Å². The number of benzene rings is 1. The quantitative estimate of drug-likeness (QED) is 0.440. The van der Waals surface area contributed by atoms with Gasteiger partial charge < -0.3 is 15.5 Å². The van der Waals surface area contributed by atoms with Gasteiger partial charge in [-0.15, -0.1) is 0 Å². The third kappa shape index (κ3) is 3.33. The summed E-state index contributed by atoms with van der Waals surface area (Å²) in [5.74, 6) is 0.229. The van der Waals surface area contributed by atoms with E-state index in [9.17, 15) is 9.59 Å². The average Bonchev–Trinajstić information content (AvgIpc) is 3.02. The van der Waals surface area contributed by atoms with Gasteiger partial charge in [-0.1, -0.05) is 6.07 Å².